The second-order valence-electron chi connectivity index (χ2n) is 5.54. The Hall–Kier alpha value is -1.96. The largest absolute Gasteiger partial charge is 0.482 e. The zero-order chi connectivity index (χ0) is 20.0. The van der Waals surface area contributed by atoms with E-state index in [0.717, 1.165) is 0 Å². The first-order chi connectivity index (χ1) is 12.8. The molecule has 0 saturated carbocycles. The van der Waals surface area contributed by atoms with Crippen LogP contribution in [-0.2, 0) is 14.8 Å². The Balaban J connectivity index is 2.10. The highest BCUT2D eigenvalue weighted by atomic mass is 35.5. The van der Waals surface area contributed by atoms with E-state index in [1.54, 1.807) is 17.0 Å². The molecule has 2 aromatic rings. The smallest absolute Gasteiger partial charge is 0.263 e. The molecule has 0 radical (unpaired) electrons. The predicted octanol–water partition coefficient (Wildman–Crippen LogP) is 4.04. The predicted molar refractivity (Wildman–Crippen MR) is 107 cm³/mol. The van der Waals surface area contributed by atoms with Crippen molar-refractivity contribution in [3.63, 3.8) is 0 Å². The highest BCUT2D eigenvalue weighted by Gasteiger charge is 2.18. The van der Waals surface area contributed by atoms with E-state index in [4.69, 9.17) is 27.9 Å². The summed E-state index contributed by atoms with van der Waals surface area (Å²) >= 11 is 12.1. The maximum Gasteiger partial charge on any atom is 0.263 e. The molecule has 1 amide bonds. The Kier molecular flexibility index (Phi) is 7.35. The lowest BCUT2D eigenvalue weighted by atomic mass is 10.3. The number of sulfonamides is 1. The zero-order valence-corrected chi connectivity index (χ0v) is 17.2. The fraction of sp³-hybridized carbons (Fsp3) is 0.278. The van der Waals surface area contributed by atoms with Crippen LogP contribution in [0.15, 0.2) is 47.4 Å². The van der Waals surface area contributed by atoms with Gasteiger partial charge in [-0.25, -0.2) is 8.42 Å². The van der Waals surface area contributed by atoms with E-state index in [0.29, 0.717) is 13.1 Å². The van der Waals surface area contributed by atoms with Crippen molar-refractivity contribution in [3.8, 4) is 5.75 Å². The molecule has 6 nitrogen and oxygen atoms in total. The molecule has 2 rings (SSSR count). The van der Waals surface area contributed by atoms with Crippen LogP contribution in [0.2, 0.25) is 10.0 Å². The van der Waals surface area contributed by atoms with Gasteiger partial charge in [-0.2, -0.15) is 0 Å². The fourth-order valence-corrected chi connectivity index (χ4v) is 4.17. The van der Waals surface area contributed by atoms with Gasteiger partial charge in [0.1, 0.15) is 10.6 Å². The molecular formula is C18H20Cl2N2O4S. The minimum Gasteiger partial charge on any atom is -0.482 e. The van der Waals surface area contributed by atoms with Crippen LogP contribution in [0, 0.1) is 0 Å². The number of carbonyl (C=O) groups excluding carboxylic acids is 1. The number of benzene rings is 2. The van der Waals surface area contributed by atoms with Crippen molar-refractivity contribution in [3.05, 3.63) is 52.5 Å². The maximum absolute atomic E-state index is 12.5. The van der Waals surface area contributed by atoms with E-state index < -0.39 is 10.0 Å². The second kappa shape index (κ2) is 9.30. The van der Waals surface area contributed by atoms with Crippen LogP contribution in [0.3, 0.4) is 0 Å². The van der Waals surface area contributed by atoms with Gasteiger partial charge in [0.15, 0.2) is 6.61 Å². The van der Waals surface area contributed by atoms with Crippen molar-refractivity contribution in [2.24, 2.45) is 0 Å². The number of anilines is 1. The third-order valence-electron chi connectivity index (χ3n) is 3.78. The molecule has 0 saturated heterocycles. The highest BCUT2D eigenvalue weighted by Crippen LogP contribution is 2.30. The van der Waals surface area contributed by atoms with Gasteiger partial charge in [0, 0.05) is 13.1 Å². The number of ether oxygens (including phenoxy) is 1. The summed E-state index contributed by atoms with van der Waals surface area (Å²) in [6, 6.07) is 10.5. The Labute approximate surface area is 169 Å². The molecule has 27 heavy (non-hydrogen) atoms. The lowest BCUT2D eigenvalue weighted by molar-refractivity contribution is -0.132. The van der Waals surface area contributed by atoms with Gasteiger partial charge in [0.05, 0.1) is 15.7 Å². The average Bonchev–Trinajstić information content (AvgIpc) is 2.62. The van der Waals surface area contributed by atoms with Gasteiger partial charge < -0.3 is 9.64 Å². The van der Waals surface area contributed by atoms with E-state index in [1.165, 1.54) is 30.3 Å². The van der Waals surface area contributed by atoms with Crippen molar-refractivity contribution < 1.29 is 17.9 Å². The minimum atomic E-state index is -3.86. The first-order valence-corrected chi connectivity index (χ1v) is 10.5. The summed E-state index contributed by atoms with van der Waals surface area (Å²) in [6.45, 7) is 4.80. The molecule has 146 valence electrons. The highest BCUT2D eigenvalue weighted by molar-refractivity contribution is 7.92. The Morgan fingerprint density at radius 1 is 1.07 bits per heavy atom. The van der Waals surface area contributed by atoms with Gasteiger partial charge in [-0.15, -0.1) is 0 Å². The van der Waals surface area contributed by atoms with Crippen LogP contribution in [0.25, 0.3) is 0 Å². The zero-order valence-electron chi connectivity index (χ0n) is 14.9. The molecule has 1 N–H and O–H groups in total. The number of halogens is 2. The molecule has 0 heterocycles. The monoisotopic (exact) mass is 430 g/mol. The van der Waals surface area contributed by atoms with Crippen molar-refractivity contribution in [1.29, 1.82) is 0 Å². The van der Waals surface area contributed by atoms with Crippen molar-refractivity contribution in [2.75, 3.05) is 24.4 Å². The van der Waals surface area contributed by atoms with Gasteiger partial charge in [-0.1, -0.05) is 35.3 Å². The normalized spacial score (nSPS) is 11.1. The van der Waals surface area contributed by atoms with E-state index in [2.05, 4.69) is 4.72 Å². The minimum absolute atomic E-state index is 0.0343. The number of nitrogens with zero attached hydrogens (tertiary/aromatic N) is 1. The van der Waals surface area contributed by atoms with Gasteiger partial charge >= 0.3 is 0 Å². The number of carbonyl (C=O) groups is 1. The van der Waals surface area contributed by atoms with Crippen LogP contribution in [0.1, 0.15) is 13.8 Å². The van der Waals surface area contributed by atoms with Crippen LogP contribution < -0.4 is 9.46 Å². The molecule has 0 spiro atoms. The molecule has 0 unspecified atom stereocenters. The molecule has 2 aromatic carbocycles. The molecule has 9 heteroatoms. The van der Waals surface area contributed by atoms with Crippen LogP contribution in [-0.4, -0.2) is 38.9 Å². The van der Waals surface area contributed by atoms with Gasteiger partial charge in [-0.3, -0.25) is 9.52 Å². The van der Waals surface area contributed by atoms with Gasteiger partial charge in [0.25, 0.3) is 15.9 Å². The molecule has 0 bridgehead atoms. The quantitative estimate of drug-likeness (QED) is 0.685. The van der Waals surface area contributed by atoms with Crippen LogP contribution in [0.4, 0.5) is 5.69 Å². The number of hydrogen-bond donors (Lipinski definition) is 1. The lowest BCUT2D eigenvalue weighted by Gasteiger charge is -2.19. The first kappa shape index (κ1) is 21.3. The van der Waals surface area contributed by atoms with E-state index in [9.17, 15) is 13.2 Å². The summed E-state index contributed by atoms with van der Waals surface area (Å²) in [6.07, 6.45) is 0. The lowest BCUT2D eigenvalue weighted by Crippen LogP contribution is -2.34. The summed E-state index contributed by atoms with van der Waals surface area (Å²) in [7, 11) is -3.86. The number of amides is 1. The Bertz CT molecular complexity index is 915. The molecule has 0 atom stereocenters. The summed E-state index contributed by atoms with van der Waals surface area (Å²) in [4.78, 5) is 13.6. The summed E-state index contributed by atoms with van der Waals surface area (Å²) < 4.78 is 32.8. The number of hydrogen-bond acceptors (Lipinski definition) is 4. The molecule has 0 fully saturated rings. The number of rotatable bonds is 8. The first-order valence-electron chi connectivity index (χ1n) is 8.26. The fourth-order valence-electron chi connectivity index (χ4n) is 2.36. The van der Waals surface area contributed by atoms with Crippen molar-refractivity contribution >= 4 is 44.8 Å². The van der Waals surface area contributed by atoms with E-state index in [1.807, 2.05) is 13.8 Å². The third-order valence-corrected chi connectivity index (χ3v) is 5.95. The molecule has 0 aliphatic heterocycles. The Morgan fingerprint density at radius 2 is 1.74 bits per heavy atom. The van der Waals surface area contributed by atoms with E-state index in [-0.39, 0.29) is 38.9 Å². The standard InChI is InChI=1S/C18H20Cl2N2O4S/c1-3-22(4-2)18(23)12-26-16-10-9-13(11-15(16)20)21-27(24,25)17-8-6-5-7-14(17)19/h5-11,21H,3-4,12H2,1-2H3. The van der Waals surface area contributed by atoms with Crippen LogP contribution >= 0.6 is 23.2 Å². The summed E-state index contributed by atoms with van der Waals surface area (Å²) in [5.41, 5.74) is 0.252. The van der Waals surface area contributed by atoms with Gasteiger partial charge in [-0.05, 0) is 44.2 Å². The SMILES string of the molecule is CCN(CC)C(=O)COc1ccc(NS(=O)(=O)c2ccccc2Cl)cc1Cl. The molecule has 0 aliphatic rings. The molecule has 0 aliphatic carbocycles. The maximum atomic E-state index is 12.5. The van der Waals surface area contributed by atoms with E-state index >= 15 is 0 Å². The van der Waals surface area contributed by atoms with Gasteiger partial charge in [0.2, 0.25) is 0 Å². The number of nitrogens with one attached hydrogen (secondary N) is 1. The van der Waals surface area contributed by atoms with Crippen molar-refractivity contribution in [2.45, 2.75) is 18.7 Å². The molecular weight excluding hydrogens is 411 g/mol. The summed E-state index contributed by atoms with van der Waals surface area (Å²) in [5.74, 6) is 0.137. The number of likely N-dealkylation sites (N-methyl/N-ethyl adjacent to an activating group) is 1. The Morgan fingerprint density at radius 3 is 2.33 bits per heavy atom. The second-order valence-corrected chi connectivity index (χ2v) is 8.00. The average molecular weight is 431 g/mol. The topological polar surface area (TPSA) is 75.7 Å². The van der Waals surface area contributed by atoms with Crippen molar-refractivity contribution in [1.82, 2.24) is 4.90 Å². The third kappa shape index (κ3) is 5.51. The summed E-state index contributed by atoms with van der Waals surface area (Å²) in [5, 5.41) is 0.299. The molecule has 0 aromatic heterocycles. The van der Waals surface area contributed by atoms with Crippen LogP contribution in [0.5, 0.6) is 5.75 Å².